The Bertz CT molecular complexity index is 786. The number of benzene rings is 2. The van der Waals surface area contributed by atoms with Crippen LogP contribution < -0.4 is 4.90 Å². The van der Waals surface area contributed by atoms with Crippen LogP contribution in [-0.4, -0.2) is 18.6 Å². The van der Waals surface area contributed by atoms with Crippen LogP contribution >= 0.6 is 0 Å². The average Bonchev–Trinajstić information content (AvgIpc) is 2.56. The lowest BCUT2D eigenvalue weighted by atomic mass is 9.97. The molecule has 0 bridgehead atoms. The van der Waals surface area contributed by atoms with Gasteiger partial charge in [0.25, 0.3) is 0 Å². The van der Waals surface area contributed by atoms with E-state index in [2.05, 4.69) is 6.07 Å². The standard InChI is InChI=1S/C21H24N2O2/c1-15-11-12-16(14-22)13-18(15)19(20(24)25-21(2,3)4)23(5)17-9-7-6-8-10-17/h6-13,19H,1-5H3/t19-/m1/s1. The van der Waals surface area contributed by atoms with Crippen LogP contribution in [0.4, 0.5) is 5.69 Å². The largest absolute Gasteiger partial charge is 0.458 e. The number of carbonyl (C=O) groups is 1. The van der Waals surface area contributed by atoms with Crippen molar-refractivity contribution in [1.29, 1.82) is 5.26 Å². The Balaban J connectivity index is 2.53. The van der Waals surface area contributed by atoms with Crippen LogP contribution in [0.3, 0.4) is 0 Å². The number of aryl methyl sites for hydroxylation is 1. The molecule has 0 unspecified atom stereocenters. The summed E-state index contributed by atoms with van der Waals surface area (Å²) in [6, 6.07) is 16.6. The van der Waals surface area contributed by atoms with Gasteiger partial charge in [0.2, 0.25) is 0 Å². The van der Waals surface area contributed by atoms with Crippen molar-refractivity contribution in [2.24, 2.45) is 0 Å². The first-order valence-electron chi connectivity index (χ1n) is 8.24. The third kappa shape index (κ3) is 4.60. The van der Waals surface area contributed by atoms with Gasteiger partial charge in [-0.2, -0.15) is 5.26 Å². The molecular formula is C21H24N2O2. The number of nitrogens with zero attached hydrogens (tertiary/aromatic N) is 2. The highest BCUT2D eigenvalue weighted by Gasteiger charge is 2.31. The Hall–Kier alpha value is -2.80. The van der Waals surface area contributed by atoms with Gasteiger partial charge in [-0.3, -0.25) is 0 Å². The monoisotopic (exact) mass is 336 g/mol. The quantitative estimate of drug-likeness (QED) is 0.777. The van der Waals surface area contributed by atoms with E-state index in [0.29, 0.717) is 5.56 Å². The van der Waals surface area contributed by atoms with Crippen LogP contribution in [0.2, 0.25) is 0 Å². The van der Waals surface area contributed by atoms with Crippen LogP contribution in [0.25, 0.3) is 0 Å². The molecule has 0 heterocycles. The number of carbonyl (C=O) groups excluding carboxylic acids is 1. The molecular weight excluding hydrogens is 312 g/mol. The minimum absolute atomic E-state index is 0.336. The van der Waals surface area contributed by atoms with Gasteiger partial charge in [0, 0.05) is 12.7 Å². The fourth-order valence-electron chi connectivity index (χ4n) is 2.67. The minimum atomic E-state index is -0.630. The van der Waals surface area contributed by atoms with Crippen molar-refractivity contribution in [2.45, 2.75) is 39.3 Å². The number of esters is 1. The van der Waals surface area contributed by atoms with Gasteiger partial charge in [-0.05, 0) is 63.1 Å². The van der Waals surface area contributed by atoms with Crippen molar-refractivity contribution < 1.29 is 9.53 Å². The summed E-state index contributed by atoms with van der Waals surface area (Å²) in [5.74, 6) is -0.336. The molecule has 0 radical (unpaired) electrons. The van der Waals surface area contributed by atoms with E-state index in [1.54, 1.807) is 12.1 Å². The van der Waals surface area contributed by atoms with E-state index in [-0.39, 0.29) is 5.97 Å². The van der Waals surface area contributed by atoms with Crippen molar-refractivity contribution >= 4 is 11.7 Å². The van der Waals surface area contributed by atoms with Gasteiger partial charge in [0.1, 0.15) is 5.60 Å². The zero-order valence-corrected chi connectivity index (χ0v) is 15.4. The molecule has 0 aliphatic rings. The predicted octanol–water partition coefficient (Wildman–Crippen LogP) is 4.39. The number of nitriles is 1. The molecule has 0 N–H and O–H groups in total. The second-order valence-corrected chi connectivity index (χ2v) is 7.07. The number of rotatable bonds is 4. The molecule has 0 aliphatic heterocycles. The first kappa shape index (κ1) is 18.5. The first-order chi connectivity index (χ1) is 11.7. The number of anilines is 1. The number of hydrogen-bond donors (Lipinski definition) is 0. The summed E-state index contributed by atoms with van der Waals surface area (Å²) in [4.78, 5) is 14.9. The Morgan fingerprint density at radius 2 is 1.80 bits per heavy atom. The van der Waals surface area contributed by atoms with E-state index in [4.69, 9.17) is 4.74 Å². The molecule has 0 aromatic heterocycles. The summed E-state index contributed by atoms with van der Waals surface area (Å²) in [7, 11) is 1.86. The van der Waals surface area contributed by atoms with Gasteiger partial charge in [0.05, 0.1) is 11.6 Å². The van der Waals surface area contributed by atoms with Crippen LogP contribution in [0.1, 0.15) is 43.5 Å². The summed E-state index contributed by atoms with van der Waals surface area (Å²) in [5.41, 5.74) is 2.56. The molecule has 130 valence electrons. The van der Waals surface area contributed by atoms with Gasteiger partial charge in [0.15, 0.2) is 6.04 Å². The smallest absolute Gasteiger partial charge is 0.334 e. The molecule has 0 spiro atoms. The van der Waals surface area contributed by atoms with Crippen molar-refractivity contribution in [2.75, 3.05) is 11.9 Å². The van der Waals surface area contributed by atoms with E-state index in [1.165, 1.54) is 0 Å². The minimum Gasteiger partial charge on any atom is -0.458 e. The molecule has 2 rings (SSSR count). The first-order valence-corrected chi connectivity index (χ1v) is 8.24. The van der Waals surface area contributed by atoms with Gasteiger partial charge >= 0.3 is 5.97 Å². The topological polar surface area (TPSA) is 53.3 Å². The normalized spacial score (nSPS) is 12.2. The Morgan fingerprint density at radius 3 is 2.36 bits per heavy atom. The highest BCUT2D eigenvalue weighted by atomic mass is 16.6. The van der Waals surface area contributed by atoms with Crippen LogP contribution in [0.15, 0.2) is 48.5 Å². The Labute approximate surface area is 149 Å². The molecule has 2 aromatic carbocycles. The third-order valence-electron chi connectivity index (χ3n) is 3.88. The lowest BCUT2D eigenvalue weighted by molar-refractivity contribution is -0.156. The Kier molecular flexibility index (Phi) is 5.48. The SMILES string of the molecule is Cc1ccc(C#N)cc1[C@H](C(=O)OC(C)(C)C)N(C)c1ccccc1. The van der Waals surface area contributed by atoms with Crippen molar-refractivity contribution in [3.63, 3.8) is 0 Å². The van der Waals surface area contributed by atoms with E-state index in [9.17, 15) is 10.1 Å². The zero-order chi connectivity index (χ0) is 18.6. The third-order valence-corrected chi connectivity index (χ3v) is 3.88. The Morgan fingerprint density at radius 1 is 1.16 bits per heavy atom. The van der Waals surface area contributed by atoms with E-state index in [0.717, 1.165) is 16.8 Å². The molecule has 0 saturated carbocycles. The molecule has 0 amide bonds. The summed E-state index contributed by atoms with van der Waals surface area (Å²) < 4.78 is 5.66. The van der Waals surface area contributed by atoms with Gasteiger partial charge in [-0.25, -0.2) is 4.79 Å². The molecule has 4 heteroatoms. The van der Waals surface area contributed by atoms with Crippen LogP contribution in [0.5, 0.6) is 0 Å². The predicted molar refractivity (Wildman–Crippen MR) is 99.3 cm³/mol. The van der Waals surface area contributed by atoms with Crippen molar-refractivity contribution in [3.8, 4) is 6.07 Å². The summed E-state index contributed by atoms with van der Waals surface area (Å²) in [6.45, 7) is 7.49. The number of ether oxygens (including phenoxy) is 1. The lowest BCUT2D eigenvalue weighted by Crippen LogP contribution is -2.36. The molecule has 25 heavy (non-hydrogen) atoms. The molecule has 0 fully saturated rings. The molecule has 1 atom stereocenters. The molecule has 0 aliphatic carbocycles. The number of para-hydroxylation sites is 1. The summed E-state index contributed by atoms with van der Waals surface area (Å²) >= 11 is 0. The van der Waals surface area contributed by atoms with E-state index < -0.39 is 11.6 Å². The molecule has 2 aromatic rings. The van der Waals surface area contributed by atoms with Crippen molar-refractivity contribution in [1.82, 2.24) is 0 Å². The fraction of sp³-hybridized carbons (Fsp3) is 0.333. The molecule has 0 saturated heterocycles. The fourth-order valence-corrected chi connectivity index (χ4v) is 2.67. The average molecular weight is 336 g/mol. The second kappa shape index (κ2) is 7.40. The highest BCUT2D eigenvalue weighted by Crippen LogP contribution is 2.30. The summed E-state index contributed by atoms with van der Waals surface area (Å²) in [5, 5.41) is 9.24. The maximum atomic E-state index is 13.0. The number of likely N-dealkylation sites (N-methyl/N-ethyl adjacent to an activating group) is 1. The van der Waals surface area contributed by atoms with Crippen molar-refractivity contribution in [3.05, 3.63) is 65.2 Å². The zero-order valence-electron chi connectivity index (χ0n) is 15.4. The maximum absolute atomic E-state index is 13.0. The van der Waals surface area contributed by atoms with E-state index in [1.807, 2.05) is 76.0 Å². The summed E-state index contributed by atoms with van der Waals surface area (Å²) in [6.07, 6.45) is 0. The lowest BCUT2D eigenvalue weighted by Gasteiger charge is -2.32. The van der Waals surface area contributed by atoms with Gasteiger partial charge in [-0.1, -0.05) is 24.3 Å². The van der Waals surface area contributed by atoms with Gasteiger partial charge in [-0.15, -0.1) is 0 Å². The number of hydrogen-bond acceptors (Lipinski definition) is 4. The van der Waals surface area contributed by atoms with Crippen LogP contribution in [0, 0.1) is 18.3 Å². The maximum Gasteiger partial charge on any atom is 0.334 e. The van der Waals surface area contributed by atoms with Crippen LogP contribution in [-0.2, 0) is 9.53 Å². The van der Waals surface area contributed by atoms with Gasteiger partial charge < -0.3 is 9.64 Å². The van der Waals surface area contributed by atoms with E-state index >= 15 is 0 Å². The highest BCUT2D eigenvalue weighted by molar-refractivity contribution is 5.82. The molecule has 4 nitrogen and oxygen atoms in total. The second-order valence-electron chi connectivity index (χ2n) is 7.07.